The molecule has 0 rings (SSSR count). The standard InChI is InChI=1S/C10H20O3S/c1-3-5-8(10(12)13)9(11)6-4-7-14-2/h8-9,11H,3-7H2,1-2H3,(H,12,13). The van der Waals surface area contributed by atoms with E-state index in [1.54, 1.807) is 11.8 Å². The molecule has 0 saturated carbocycles. The van der Waals surface area contributed by atoms with E-state index in [0.717, 1.165) is 18.6 Å². The van der Waals surface area contributed by atoms with E-state index in [9.17, 15) is 9.90 Å². The van der Waals surface area contributed by atoms with Gasteiger partial charge in [0.2, 0.25) is 0 Å². The summed E-state index contributed by atoms with van der Waals surface area (Å²) in [6.07, 6.45) is 4.17. The van der Waals surface area contributed by atoms with Crippen LogP contribution in [0.15, 0.2) is 0 Å². The van der Waals surface area contributed by atoms with Gasteiger partial charge in [-0.05, 0) is 31.3 Å². The smallest absolute Gasteiger partial charge is 0.309 e. The van der Waals surface area contributed by atoms with Crippen LogP contribution in [0.4, 0.5) is 0 Å². The summed E-state index contributed by atoms with van der Waals surface area (Å²) in [5.74, 6) is -0.472. The van der Waals surface area contributed by atoms with Crippen LogP contribution in [0.25, 0.3) is 0 Å². The minimum atomic E-state index is -0.872. The molecule has 0 aliphatic carbocycles. The van der Waals surface area contributed by atoms with E-state index in [2.05, 4.69) is 0 Å². The molecule has 4 heteroatoms. The zero-order valence-corrected chi connectivity index (χ0v) is 9.72. The number of rotatable bonds is 8. The fourth-order valence-corrected chi connectivity index (χ4v) is 1.88. The van der Waals surface area contributed by atoms with E-state index in [1.807, 2.05) is 13.2 Å². The molecule has 2 atom stereocenters. The molecule has 14 heavy (non-hydrogen) atoms. The predicted molar refractivity (Wildman–Crippen MR) is 59.7 cm³/mol. The predicted octanol–water partition coefficient (Wildman–Crippen LogP) is 1.99. The summed E-state index contributed by atoms with van der Waals surface area (Å²) in [6.45, 7) is 1.94. The van der Waals surface area contributed by atoms with Gasteiger partial charge in [0.25, 0.3) is 0 Å². The van der Waals surface area contributed by atoms with Gasteiger partial charge in [-0.25, -0.2) is 0 Å². The van der Waals surface area contributed by atoms with Crippen molar-refractivity contribution in [2.45, 2.75) is 38.7 Å². The van der Waals surface area contributed by atoms with Gasteiger partial charge in [0, 0.05) is 0 Å². The quantitative estimate of drug-likeness (QED) is 0.614. The average molecular weight is 220 g/mol. The first-order chi connectivity index (χ1) is 6.63. The van der Waals surface area contributed by atoms with Gasteiger partial charge in [0.05, 0.1) is 12.0 Å². The Morgan fingerprint density at radius 1 is 1.43 bits per heavy atom. The summed E-state index contributed by atoms with van der Waals surface area (Å²) >= 11 is 1.72. The van der Waals surface area contributed by atoms with Gasteiger partial charge in [-0.1, -0.05) is 13.3 Å². The first-order valence-corrected chi connectivity index (χ1v) is 6.42. The Labute approximate surface area is 89.9 Å². The fourth-order valence-electron chi connectivity index (χ4n) is 1.43. The van der Waals surface area contributed by atoms with Crippen molar-refractivity contribution in [2.75, 3.05) is 12.0 Å². The Kier molecular flexibility index (Phi) is 7.99. The van der Waals surface area contributed by atoms with Crippen LogP contribution in [-0.4, -0.2) is 34.3 Å². The van der Waals surface area contributed by atoms with Crippen molar-refractivity contribution >= 4 is 17.7 Å². The summed E-state index contributed by atoms with van der Waals surface area (Å²) in [5.41, 5.74) is 0. The normalized spacial score (nSPS) is 15.1. The Morgan fingerprint density at radius 3 is 2.50 bits per heavy atom. The molecule has 0 aromatic heterocycles. The second-order valence-electron chi connectivity index (χ2n) is 3.44. The molecule has 0 saturated heterocycles. The summed E-state index contributed by atoms with van der Waals surface area (Å²) in [4.78, 5) is 10.8. The lowest BCUT2D eigenvalue weighted by Crippen LogP contribution is -2.28. The monoisotopic (exact) mass is 220 g/mol. The summed E-state index contributed by atoms with van der Waals surface area (Å²) in [5, 5.41) is 18.5. The number of carbonyl (C=O) groups is 1. The summed E-state index contributed by atoms with van der Waals surface area (Å²) in [6, 6.07) is 0. The lowest BCUT2D eigenvalue weighted by Gasteiger charge is -2.18. The number of aliphatic hydroxyl groups is 1. The Morgan fingerprint density at radius 2 is 2.07 bits per heavy atom. The molecule has 0 heterocycles. The molecule has 0 amide bonds. The van der Waals surface area contributed by atoms with Crippen LogP contribution in [-0.2, 0) is 4.79 Å². The second-order valence-corrected chi connectivity index (χ2v) is 4.42. The third-order valence-corrected chi connectivity index (χ3v) is 2.93. The van der Waals surface area contributed by atoms with E-state index in [-0.39, 0.29) is 0 Å². The molecule has 2 N–H and O–H groups in total. The minimum Gasteiger partial charge on any atom is -0.481 e. The van der Waals surface area contributed by atoms with E-state index in [0.29, 0.717) is 12.8 Å². The maximum Gasteiger partial charge on any atom is 0.309 e. The maximum atomic E-state index is 10.8. The Hall–Kier alpha value is -0.220. The van der Waals surface area contributed by atoms with Gasteiger partial charge in [-0.3, -0.25) is 4.79 Å². The van der Waals surface area contributed by atoms with Crippen LogP contribution in [0.3, 0.4) is 0 Å². The number of aliphatic carboxylic acids is 1. The largest absolute Gasteiger partial charge is 0.481 e. The molecule has 0 aromatic carbocycles. The molecular weight excluding hydrogens is 200 g/mol. The van der Waals surface area contributed by atoms with Crippen LogP contribution < -0.4 is 0 Å². The van der Waals surface area contributed by atoms with Gasteiger partial charge < -0.3 is 10.2 Å². The lowest BCUT2D eigenvalue weighted by molar-refractivity contribution is -0.146. The average Bonchev–Trinajstić information content (AvgIpc) is 2.13. The van der Waals surface area contributed by atoms with Gasteiger partial charge in [-0.2, -0.15) is 11.8 Å². The number of carboxylic acid groups (broad SMARTS) is 1. The van der Waals surface area contributed by atoms with E-state index in [4.69, 9.17) is 5.11 Å². The van der Waals surface area contributed by atoms with Crippen LogP contribution in [0.1, 0.15) is 32.6 Å². The molecule has 0 radical (unpaired) electrons. The van der Waals surface area contributed by atoms with Crippen molar-refractivity contribution in [3.05, 3.63) is 0 Å². The molecule has 84 valence electrons. The highest BCUT2D eigenvalue weighted by atomic mass is 32.2. The number of aliphatic hydroxyl groups excluding tert-OH is 1. The van der Waals surface area contributed by atoms with E-state index in [1.165, 1.54) is 0 Å². The van der Waals surface area contributed by atoms with Gasteiger partial charge in [-0.15, -0.1) is 0 Å². The maximum absolute atomic E-state index is 10.8. The van der Waals surface area contributed by atoms with Crippen LogP contribution in [0.2, 0.25) is 0 Å². The van der Waals surface area contributed by atoms with Crippen molar-refractivity contribution < 1.29 is 15.0 Å². The van der Waals surface area contributed by atoms with E-state index < -0.39 is 18.0 Å². The van der Waals surface area contributed by atoms with Crippen molar-refractivity contribution in [3.8, 4) is 0 Å². The molecular formula is C10H20O3S. The van der Waals surface area contributed by atoms with Crippen molar-refractivity contribution in [2.24, 2.45) is 5.92 Å². The highest BCUT2D eigenvalue weighted by molar-refractivity contribution is 7.98. The second kappa shape index (κ2) is 8.12. The molecule has 0 aliphatic heterocycles. The van der Waals surface area contributed by atoms with Crippen LogP contribution >= 0.6 is 11.8 Å². The molecule has 3 nitrogen and oxygen atoms in total. The Bertz CT molecular complexity index is 161. The summed E-state index contributed by atoms with van der Waals surface area (Å²) in [7, 11) is 0. The SMILES string of the molecule is CCCC(C(=O)O)C(O)CCCSC. The highest BCUT2D eigenvalue weighted by Gasteiger charge is 2.24. The molecule has 2 unspecified atom stereocenters. The third kappa shape index (κ3) is 5.50. The molecule has 0 fully saturated rings. The zero-order chi connectivity index (χ0) is 11.0. The zero-order valence-electron chi connectivity index (χ0n) is 8.90. The minimum absolute atomic E-state index is 0.565. The fraction of sp³-hybridized carbons (Fsp3) is 0.900. The molecule has 0 aromatic rings. The van der Waals surface area contributed by atoms with E-state index >= 15 is 0 Å². The molecule has 0 aliphatic rings. The number of thioether (sulfide) groups is 1. The van der Waals surface area contributed by atoms with Gasteiger partial charge in [0.15, 0.2) is 0 Å². The van der Waals surface area contributed by atoms with Crippen LogP contribution in [0.5, 0.6) is 0 Å². The van der Waals surface area contributed by atoms with Gasteiger partial charge >= 0.3 is 5.97 Å². The lowest BCUT2D eigenvalue weighted by atomic mass is 9.94. The summed E-state index contributed by atoms with van der Waals surface area (Å²) < 4.78 is 0. The van der Waals surface area contributed by atoms with Crippen LogP contribution in [0, 0.1) is 5.92 Å². The molecule has 0 bridgehead atoms. The Balaban J connectivity index is 3.88. The van der Waals surface area contributed by atoms with Crippen molar-refractivity contribution in [1.29, 1.82) is 0 Å². The van der Waals surface area contributed by atoms with Crippen molar-refractivity contribution in [1.82, 2.24) is 0 Å². The van der Waals surface area contributed by atoms with Crippen molar-refractivity contribution in [3.63, 3.8) is 0 Å². The topological polar surface area (TPSA) is 57.5 Å². The first kappa shape index (κ1) is 13.8. The highest BCUT2D eigenvalue weighted by Crippen LogP contribution is 2.16. The first-order valence-electron chi connectivity index (χ1n) is 5.03. The van der Waals surface area contributed by atoms with Gasteiger partial charge in [0.1, 0.15) is 0 Å². The third-order valence-electron chi connectivity index (χ3n) is 2.23. The number of carboxylic acids is 1. The number of hydrogen-bond donors (Lipinski definition) is 2. The molecule has 0 spiro atoms. The number of hydrogen-bond acceptors (Lipinski definition) is 3.